The van der Waals surface area contributed by atoms with E-state index < -0.39 is 0 Å². The number of pyridine rings is 1. The third-order valence-electron chi connectivity index (χ3n) is 4.73. The molecule has 5 aromatic rings. The van der Waals surface area contributed by atoms with Crippen molar-refractivity contribution >= 4 is 17.4 Å². The summed E-state index contributed by atoms with van der Waals surface area (Å²) in [4.78, 5) is 13.1. The normalized spacial score (nSPS) is 11.0. The van der Waals surface area contributed by atoms with Crippen molar-refractivity contribution in [1.29, 1.82) is 0 Å². The summed E-state index contributed by atoms with van der Waals surface area (Å²) in [7, 11) is 3.44. The number of methoxy groups -OCH3 is 1. The molecule has 0 bridgehead atoms. The van der Waals surface area contributed by atoms with E-state index in [0.717, 1.165) is 16.9 Å². The lowest BCUT2D eigenvalue weighted by atomic mass is 10.2. The van der Waals surface area contributed by atoms with Crippen LogP contribution in [0.4, 0.5) is 11.8 Å². The molecule has 0 saturated heterocycles. The number of fused-ring (bicyclic) bond motifs is 1. The van der Waals surface area contributed by atoms with Crippen LogP contribution in [0, 0.1) is 0 Å². The van der Waals surface area contributed by atoms with Crippen LogP contribution >= 0.6 is 0 Å². The summed E-state index contributed by atoms with van der Waals surface area (Å²) >= 11 is 0. The van der Waals surface area contributed by atoms with Gasteiger partial charge in [0.25, 0.3) is 0 Å². The van der Waals surface area contributed by atoms with E-state index in [1.54, 1.807) is 41.1 Å². The van der Waals surface area contributed by atoms with E-state index >= 15 is 0 Å². The highest BCUT2D eigenvalue weighted by Crippen LogP contribution is 2.21. The van der Waals surface area contributed by atoms with Gasteiger partial charge in [0.15, 0.2) is 11.5 Å². The van der Waals surface area contributed by atoms with Gasteiger partial charge in [-0.25, -0.2) is 15.0 Å². The summed E-state index contributed by atoms with van der Waals surface area (Å²) in [6.45, 7) is 0. The van der Waals surface area contributed by atoms with E-state index in [0.29, 0.717) is 35.4 Å². The molecule has 11 nitrogen and oxygen atoms in total. The standard InChI is InChI=1S/C20H18N10O/c1-29-16(6-9-23-29)26-20-22-8-5-15(25-20)14-11-18-28-27-17(30(18)24-12-14)10-13-4-3-7-21-19(13)31-2/h3-9,11-12H,10H2,1-2H3,(H,22,25,26). The number of anilines is 2. The second-order valence-corrected chi connectivity index (χ2v) is 6.71. The van der Waals surface area contributed by atoms with Crippen LogP contribution in [0.2, 0.25) is 0 Å². The molecule has 5 rings (SSSR count). The Morgan fingerprint density at radius 2 is 1.97 bits per heavy atom. The lowest BCUT2D eigenvalue weighted by Gasteiger charge is -2.07. The Bertz CT molecular complexity index is 1360. The van der Waals surface area contributed by atoms with Gasteiger partial charge in [-0.05, 0) is 18.2 Å². The summed E-state index contributed by atoms with van der Waals surface area (Å²) in [5.74, 6) is 2.50. The van der Waals surface area contributed by atoms with Crippen molar-refractivity contribution in [2.24, 2.45) is 7.05 Å². The Balaban J connectivity index is 1.43. The first kappa shape index (κ1) is 18.6. The van der Waals surface area contributed by atoms with Crippen LogP contribution in [0.25, 0.3) is 16.9 Å². The average molecular weight is 414 g/mol. The number of nitrogens with zero attached hydrogens (tertiary/aromatic N) is 9. The summed E-state index contributed by atoms with van der Waals surface area (Å²) in [5.41, 5.74) is 3.05. The van der Waals surface area contributed by atoms with Gasteiger partial charge in [-0.15, -0.1) is 10.2 Å². The topological polar surface area (TPSA) is 121 Å². The fourth-order valence-corrected chi connectivity index (χ4v) is 3.19. The van der Waals surface area contributed by atoms with Crippen molar-refractivity contribution in [3.05, 3.63) is 66.5 Å². The van der Waals surface area contributed by atoms with Gasteiger partial charge in [0, 0.05) is 43.1 Å². The van der Waals surface area contributed by atoms with Crippen LogP contribution in [0.3, 0.4) is 0 Å². The molecule has 5 heterocycles. The third kappa shape index (κ3) is 3.64. The molecule has 0 aliphatic carbocycles. The van der Waals surface area contributed by atoms with E-state index in [9.17, 15) is 0 Å². The fraction of sp³-hybridized carbons (Fsp3) is 0.150. The van der Waals surface area contributed by atoms with Gasteiger partial charge in [-0.1, -0.05) is 6.07 Å². The summed E-state index contributed by atoms with van der Waals surface area (Å²) in [6, 6.07) is 9.36. The molecule has 0 unspecified atom stereocenters. The summed E-state index contributed by atoms with van der Waals surface area (Å²) < 4.78 is 8.73. The van der Waals surface area contributed by atoms with E-state index in [1.165, 1.54) is 0 Å². The Kier molecular flexibility index (Phi) is 4.67. The van der Waals surface area contributed by atoms with E-state index in [1.807, 2.05) is 37.4 Å². The molecule has 1 N–H and O–H groups in total. The van der Waals surface area contributed by atoms with Crippen LogP contribution in [-0.2, 0) is 13.5 Å². The van der Waals surface area contributed by atoms with Crippen LogP contribution in [0.5, 0.6) is 5.88 Å². The molecule has 0 amide bonds. The summed E-state index contributed by atoms with van der Waals surface area (Å²) in [5, 5.41) is 20.4. The smallest absolute Gasteiger partial charge is 0.228 e. The summed E-state index contributed by atoms with van der Waals surface area (Å²) in [6.07, 6.45) is 7.31. The highest BCUT2D eigenvalue weighted by molar-refractivity contribution is 5.64. The first-order valence-electron chi connectivity index (χ1n) is 9.48. The highest BCUT2D eigenvalue weighted by Gasteiger charge is 2.13. The molecule has 11 heteroatoms. The molecule has 31 heavy (non-hydrogen) atoms. The molecule has 0 spiro atoms. The van der Waals surface area contributed by atoms with Crippen LogP contribution in [0.15, 0.2) is 55.1 Å². The molecule has 0 radical (unpaired) electrons. The molecule has 0 aromatic carbocycles. The molecule has 0 fully saturated rings. The minimum absolute atomic E-state index is 0.465. The van der Waals surface area contributed by atoms with E-state index in [4.69, 9.17) is 4.74 Å². The van der Waals surface area contributed by atoms with E-state index in [2.05, 4.69) is 40.7 Å². The van der Waals surface area contributed by atoms with Crippen molar-refractivity contribution in [2.75, 3.05) is 12.4 Å². The van der Waals surface area contributed by atoms with Crippen LogP contribution in [-0.4, -0.2) is 51.7 Å². The number of hydrogen-bond acceptors (Lipinski definition) is 9. The molecule has 0 aliphatic heterocycles. The highest BCUT2D eigenvalue weighted by atomic mass is 16.5. The Morgan fingerprint density at radius 3 is 2.81 bits per heavy atom. The fourth-order valence-electron chi connectivity index (χ4n) is 3.19. The number of aromatic nitrogens is 9. The van der Waals surface area contributed by atoms with Crippen molar-refractivity contribution in [3.63, 3.8) is 0 Å². The number of hydrogen-bond donors (Lipinski definition) is 1. The largest absolute Gasteiger partial charge is 0.481 e. The third-order valence-corrected chi connectivity index (χ3v) is 4.73. The minimum Gasteiger partial charge on any atom is -0.481 e. The molecule has 0 aliphatic rings. The predicted molar refractivity (Wildman–Crippen MR) is 112 cm³/mol. The van der Waals surface area contributed by atoms with Gasteiger partial charge in [0.1, 0.15) is 5.82 Å². The van der Waals surface area contributed by atoms with Crippen molar-refractivity contribution < 1.29 is 4.74 Å². The van der Waals surface area contributed by atoms with Crippen LogP contribution in [0.1, 0.15) is 11.4 Å². The Labute approximate surface area is 176 Å². The zero-order valence-corrected chi connectivity index (χ0v) is 16.8. The van der Waals surface area contributed by atoms with Gasteiger partial charge in [0.05, 0.1) is 25.2 Å². The van der Waals surface area contributed by atoms with Crippen molar-refractivity contribution in [2.45, 2.75) is 6.42 Å². The second-order valence-electron chi connectivity index (χ2n) is 6.71. The maximum Gasteiger partial charge on any atom is 0.228 e. The van der Waals surface area contributed by atoms with Crippen molar-refractivity contribution in [3.8, 4) is 17.1 Å². The molecule has 154 valence electrons. The van der Waals surface area contributed by atoms with Gasteiger partial charge in [-0.2, -0.15) is 14.7 Å². The number of aryl methyl sites for hydroxylation is 1. The molecular formula is C20H18N10O. The lowest BCUT2D eigenvalue weighted by molar-refractivity contribution is 0.393. The maximum absolute atomic E-state index is 5.32. The molecule has 0 saturated carbocycles. The van der Waals surface area contributed by atoms with Gasteiger partial charge >= 0.3 is 0 Å². The van der Waals surface area contributed by atoms with Gasteiger partial charge in [0.2, 0.25) is 11.8 Å². The molecule has 5 aromatic heterocycles. The Morgan fingerprint density at radius 1 is 1.03 bits per heavy atom. The zero-order chi connectivity index (χ0) is 21.2. The SMILES string of the molecule is COc1ncccc1Cc1nnc2cc(-c3ccnc(Nc4ccnn4C)n3)cnn12. The van der Waals surface area contributed by atoms with Crippen LogP contribution < -0.4 is 10.1 Å². The minimum atomic E-state index is 0.465. The van der Waals surface area contributed by atoms with E-state index in [-0.39, 0.29) is 0 Å². The van der Waals surface area contributed by atoms with Gasteiger partial charge < -0.3 is 10.1 Å². The van der Waals surface area contributed by atoms with Gasteiger partial charge in [-0.3, -0.25) is 4.68 Å². The predicted octanol–water partition coefficient (Wildman–Crippen LogP) is 2.05. The number of rotatable bonds is 6. The average Bonchev–Trinajstić information content (AvgIpc) is 3.40. The Hall–Kier alpha value is -4.41. The lowest BCUT2D eigenvalue weighted by Crippen LogP contribution is -2.04. The second kappa shape index (κ2) is 7.78. The quantitative estimate of drug-likeness (QED) is 0.445. The van der Waals surface area contributed by atoms with Crippen molar-refractivity contribution in [1.82, 2.24) is 44.5 Å². The number of ether oxygens (including phenoxy) is 1. The zero-order valence-electron chi connectivity index (χ0n) is 16.8. The molecule has 0 atom stereocenters. The maximum atomic E-state index is 5.32. The number of nitrogens with one attached hydrogen (secondary N) is 1. The first-order chi connectivity index (χ1) is 15.2. The monoisotopic (exact) mass is 414 g/mol. The molecular weight excluding hydrogens is 396 g/mol. The first-order valence-corrected chi connectivity index (χ1v) is 9.48.